The fraction of sp³-hybridized carbons (Fsp3) is 0.357. The molecular formula is C14H19NO5. The molecule has 0 radical (unpaired) electrons. The second-order valence-electron chi connectivity index (χ2n) is 4.38. The summed E-state index contributed by atoms with van der Waals surface area (Å²) in [5.74, 6) is -3.40. The first kappa shape index (κ1) is 17.6. The number of hydrogen-bond acceptors (Lipinski definition) is 4. The van der Waals surface area contributed by atoms with Crippen LogP contribution < -0.4 is 4.90 Å². The van der Waals surface area contributed by atoms with Crippen LogP contribution in [0.3, 0.4) is 0 Å². The lowest BCUT2D eigenvalue weighted by Gasteiger charge is -2.13. The van der Waals surface area contributed by atoms with Gasteiger partial charge in [-0.1, -0.05) is 12.1 Å². The molecule has 1 rings (SSSR count). The predicted octanol–water partition coefficient (Wildman–Crippen LogP) is 1.43. The van der Waals surface area contributed by atoms with Crippen molar-refractivity contribution in [3.8, 4) is 0 Å². The lowest BCUT2D eigenvalue weighted by molar-refractivity contribution is -0.159. The van der Waals surface area contributed by atoms with Crippen molar-refractivity contribution in [3.05, 3.63) is 29.8 Å². The van der Waals surface area contributed by atoms with E-state index in [1.165, 1.54) is 11.3 Å². The number of aryl methyl sites for hydroxylation is 1. The van der Waals surface area contributed by atoms with Gasteiger partial charge in [-0.25, -0.2) is 9.59 Å². The molecule has 0 aliphatic heterocycles. The lowest BCUT2D eigenvalue weighted by atomic mass is 10.1. The minimum absolute atomic E-state index is 0.250. The van der Waals surface area contributed by atoms with Gasteiger partial charge >= 0.3 is 11.9 Å². The smallest absolute Gasteiger partial charge is 0.414 e. The number of carboxylic acids is 2. The number of ketones is 1. The number of nitrogens with zero attached hydrogens (tertiary/aromatic N) is 1. The maximum atomic E-state index is 10.8. The van der Waals surface area contributed by atoms with Crippen LogP contribution in [-0.4, -0.2) is 42.0 Å². The second kappa shape index (κ2) is 8.68. The number of carbonyl (C=O) groups is 3. The van der Waals surface area contributed by atoms with Crippen molar-refractivity contribution in [1.82, 2.24) is 0 Å². The molecule has 2 N–H and O–H groups in total. The molecule has 1 aromatic rings. The Morgan fingerprint density at radius 1 is 1.10 bits per heavy atom. The fourth-order valence-corrected chi connectivity index (χ4v) is 1.31. The molecule has 0 heterocycles. The molecule has 0 amide bonds. The van der Waals surface area contributed by atoms with E-state index >= 15 is 0 Å². The molecule has 0 saturated heterocycles. The molecule has 6 nitrogen and oxygen atoms in total. The van der Waals surface area contributed by atoms with Crippen molar-refractivity contribution in [2.45, 2.75) is 19.8 Å². The van der Waals surface area contributed by atoms with E-state index in [-0.39, 0.29) is 5.78 Å². The molecular weight excluding hydrogens is 262 g/mol. The Morgan fingerprint density at radius 3 is 2.05 bits per heavy atom. The van der Waals surface area contributed by atoms with Crippen LogP contribution in [0.5, 0.6) is 0 Å². The summed E-state index contributed by atoms with van der Waals surface area (Å²) in [6.07, 6.45) is 1.48. The number of benzene rings is 1. The summed E-state index contributed by atoms with van der Waals surface area (Å²) in [6, 6.07) is 8.29. The molecule has 0 aliphatic carbocycles. The van der Waals surface area contributed by atoms with Gasteiger partial charge in [-0.3, -0.25) is 0 Å². The molecule has 20 heavy (non-hydrogen) atoms. The Balaban J connectivity index is 0.000000511. The monoisotopic (exact) mass is 281 g/mol. The normalized spacial score (nSPS) is 9.15. The second-order valence-corrected chi connectivity index (χ2v) is 4.38. The summed E-state index contributed by atoms with van der Waals surface area (Å²) in [5, 5.41) is 14.8. The molecule has 0 fully saturated rings. The van der Waals surface area contributed by atoms with E-state index in [4.69, 9.17) is 19.8 Å². The van der Waals surface area contributed by atoms with Crippen LogP contribution in [0.2, 0.25) is 0 Å². The molecule has 0 atom stereocenters. The van der Waals surface area contributed by atoms with Crippen molar-refractivity contribution < 1.29 is 24.6 Å². The van der Waals surface area contributed by atoms with Gasteiger partial charge in [0, 0.05) is 26.2 Å². The highest BCUT2D eigenvalue weighted by Gasteiger charge is 2.04. The van der Waals surface area contributed by atoms with Crippen LogP contribution >= 0.6 is 0 Å². The minimum Gasteiger partial charge on any atom is -0.473 e. The van der Waals surface area contributed by atoms with Gasteiger partial charge < -0.3 is 19.9 Å². The van der Waals surface area contributed by atoms with E-state index < -0.39 is 11.9 Å². The molecule has 110 valence electrons. The first-order valence-corrected chi connectivity index (χ1v) is 5.96. The van der Waals surface area contributed by atoms with E-state index in [9.17, 15) is 4.79 Å². The van der Waals surface area contributed by atoms with Gasteiger partial charge in [0.25, 0.3) is 0 Å². The Hall–Kier alpha value is -2.37. The molecule has 6 heteroatoms. The first-order valence-electron chi connectivity index (χ1n) is 5.96. The summed E-state index contributed by atoms with van der Waals surface area (Å²) in [6.45, 7) is 1.63. The van der Waals surface area contributed by atoms with Crippen LogP contribution in [0.25, 0.3) is 0 Å². The summed E-state index contributed by atoms with van der Waals surface area (Å²) < 4.78 is 0. The van der Waals surface area contributed by atoms with Gasteiger partial charge in [0.05, 0.1) is 0 Å². The predicted molar refractivity (Wildman–Crippen MR) is 75.0 cm³/mol. The third kappa shape index (κ3) is 7.86. The largest absolute Gasteiger partial charge is 0.473 e. The van der Waals surface area contributed by atoms with Crippen LogP contribution in [0.1, 0.15) is 18.9 Å². The minimum atomic E-state index is -1.82. The lowest BCUT2D eigenvalue weighted by Crippen LogP contribution is -2.09. The Labute approximate surface area is 117 Å². The maximum absolute atomic E-state index is 10.8. The average molecular weight is 281 g/mol. The average Bonchev–Trinajstić information content (AvgIpc) is 2.37. The Morgan fingerprint density at radius 2 is 1.65 bits per heavy atom. The van der Waals surface area contributed by atoms with E-state index in [0.29, 0.717) is 6.42 Å². The standard InChI is InChI=1S/C12H17NO.C2H2O4/c1-10(14)7-8-11-5-4-6-12(9-11)13(2)3;3-1(4)2(5)6/h4-6,9H,7-8H2,1-3H3;(H,3,4)(H,5,6). The molecule has 0 unspecified atom stereocenters. The summed E-state index contributed by atoms with van der Waals surface area (Å²) in [5.41, 5.74) is 2.41. The van der Waals surface area contributed by atoms with Crippen LogP contribution in [0.15, 0.2) is 24.3 Å². The van der Waals surface area contributed by atoms with Crippen LogP contribution in [0, 0.1) is 0 Å². The number of rotatable bonds is 4. The molecule has 0 saturated carbocycles. The third-order valence-electron chi connectivity index (χ3n) is 2.38. The van der Waals surface area contributed by atoms with Gasteiger partial charge in [0.1, 0.15) is 5.78 Å². The number of carboxylic acid groups (broad SMARTS) is 2. The van der Waals surface area contributed by atoms with Gasteiger partial charge in [0.2, 0.25) is 0 Å². The first-order chi connectivity index (χ1) is 9.23. The fourth-order valence-electron chi connectivity index (χ4n) is 1.31. The quantitative estimate of drug-likeness (QED) is 0.811. The highest BCUT2D eigenvalue weighted by Crippen LogP contribution is 2.14. The topological polar surface area (TPSA) is 94.9 Å². The number of hydrogen-bond donors (Lipinski definition) is 2. The van der Waals surface area contributed by atoms with Crippen LogP contribution in [0.4, 0.5) is 5.69 Å². The summed E-state index contributed by atoms with van der Waals surface area (Å²) in [7, 11) is 4.04. The Kier molecular flexibility index (Phi) is 7.65. The number of carbonyl (C=O) groups excluding carboxylic acids is 1. The molecule has 0 bridgehead atoms. The highest BCUT2D eigenvalue weighted by atomic mass is 16.4. The van der Waals surface area contributed by atoms with Crippen molar-refractivity contribution in [2.75, 3.05) is 19.0 Å². The molecule has 0 aliphatic rings. The van der Waals surface area contributed by atoms with Crippen LogP contribution in [-0.2, 0) is 20.8 Å². The van der Waals surface area contributed by atoms with Crippen molar-refractivity contribution >= 4 is 23.4 Å². The number of anilines is 1. The third-order valence-corrected chi connectivity index (χ3v) is 2.38. The zero-order valence-electron chi connectivity index (χ0n) is 11.8. The van der Waals surface area contributed by atoms with Crippen molar-refractivity contribution in [1.29, 1.82) is 0 Å². The van der Waals surface area contributed by atoms with Gasteiger partial charge in [-0.05, 0) is 31.0 Å². The summed E-state index contributed by atoms with van der Waals surface area (Å²) >= 11 is 0. The number of Topliss-reactive ketones (excluding diaryl/α,β-unsaturated/α-hetero) is 1. The van der Waals surface area contributed by atoms with Gasteiger partial charge in [-0.2, -0.15) is 0 Å². The molecule has 0 aromatic heterocycles. The zero-order valence-corrected chi connectivity index (χ0v) is 11.8. The zero-order chi connectivity index (χ0) is 15.7. The van der Waals surface area contributed by atoms with Gasteiger partial charge in [-0.15, -0.1) is 0 Å². The summed E-state index contributed by atoms with van der Waals surface area (Å²) in [4.78, 5) is 31.1. The SMILES string of the molecule is CC(=O)CCc1cccc(N(C)C)c1.O=C(O)C(=O)O. The highest BCUT2D eigenvalue weighted by molar-refractivity contribution is 6.27. The maximum Gasteiger partial charge on any atom is 0.414 e. The van der Waals surface area contributed by atoms with Gasteiger partial charge in [0.15, 0.2) is 0 Å². The molecule has 0 spiro atoms. The van der Waals surface area contributed by atoms with Crippen molar-refractivity contribution in [2.24, 2.45) is 0 Å². The number of aliphatic carboxylic acids is 2. The van der Waals surface area contributed by atoms with E-state index in [1.807, 2.05) is 20.2 Å². The Bertz CT molecular complexity index is 470. The van der Waals surface area contributed by atoms with E-state index in [2.05, 4.69) is 23.1 Å². The van der Waals surface area contributed by atoms with E-state index in [1.54, 1.807) is 6.92 Å². The molecule has 1 aromatic carbocycles. The van der Waals surface area contributed by atoms with Crippen molar-refractivity contribution in [3.63, 3.8) is 0 Å². The van der Waals surface area contributed by atoms with E-state index in [0.717, 1.165) is 6.42 Å².